The molecule has 0 aromatic heterocycles. The molecular formula is C23H28F2IN5. The highest BCUT2D eigenvalue weighted by atomic mass is 127. The fourth-order valence-corrected chi connectivity index (χ4v) is 3.50. The predicted molar refractivity (Wildman–Crippen MR) is 129 cm³/mol. The molecular weight excluding hydrogens is 511 g/mol. The number of rotatable bonds is 6. The lowest BCUT2D eigenvalue weighted by Gasteiger charge is -2.33. The second-order valence-electron chi connectivity index (χ2n) is 7.45. The summed E-state index contributed by atoms with van der Waals surface area (Å²) in [6.07, 6.45) is 1.90. The number of aliphatic imine (C=N–C) groups is 1. The SMILES string of the molecule is CCNC(=NCc1ccc(C#N)cc1)NC1CCN(Cc2ccc(F)c(F)c2)CC1.I. The number of piperidine rings is 1. The van der Waals surface area contributed by atoms with E-state index in [4.69, 9.17) is 5.26 Å². The Morgan fingerprint density at radius 3 is 2.39 bits per heavy atom. The van der Waals surface area contributed by atoms with E-state index in [1.807, 2.05) is 19.1 Å². The molecule has 1 fully saturated rings. The van der Waals surface area contributed by atoms with Gasteiger partial charge in [-0.15, -0.1) is 24.0 Å². The quantitative estimate of drug-likeness (QED) is 0.329. The average molecular weight is 539 g/mol. The van der Waals surface area contributed by atoms with Gasteiger partial charge in [-0.25, -0.2) is 13.8 Å². The van der Waals surface area contributed by atoms with Crippen LogP contribution in [0.15, 0.2) is 47.5 Å². The van der Waals surface area contributed by atoms with Crippen LogP contribution in [0.4, 0.5) is 8.78 Å². The smallest absolute Gasteiger partial charge is 0.191 e. The first kappa shape index (κ1) is 25.0. The number of likely N-dealkylation sites (tertiary alicyclic amines) is 1. The van der Waals surface area contributed by atoms with Crippen molar-refractivity contribution in [3.8, 4) is 6.07 Å². The van der Waals surface area contributed by atoms with E-state index in [1.54, 1.807) is 18.2 Å². The predicted octanol–water partition coefficient (Wildman–Crippen LogP) is 4.17. The summed E-state index contributed by atoms with van der Waals surface area (Å²) >= 11 is 0. The van der Waals surface area contributed by atoms with Crippen LogP contribution in [0.2, 0.25) is 0 Å². The molecule has 0 bridgehead atoms. The summed E-state index contributed by atoms with van der Waals surface area (Å²) in [5.74, 6) is -0.823. The zero-order chi connectivity index (χ0) is 21.3. The summed E-state index contributed by atoms with van der Waals surface area (Å²) in [7, 11) is 0. The van der Waals surface area contributed by atoms with Crippen LogP contribution >= 0.6 is 24.0 Å². The molecule has 1 aliphatic heterocycles. The Bertz CT molecular complexity index is 903. The molecule has 1 aliphatic rings. The lowest BCUT2D eigenvalue weighted by molar-refractivity contribution is 0.198. The number of nitrogens with zero attached hydrogens (tertiary/aromatic N) is 3. The van der Waals surface area contributed by atoms with Crippen LogP contribution in [0.5, 0.6) is 0 Å². The van der Waals surface area contributed by atoms with Crippen LogP contribution < -0.4 is 10.6 Å². The molecule has 0 radical (unpaired) electrons. The maximum atomic E-state index is 13.4. The van der Waals surface area contributed by atoms with Crippen molar-refractivity contribution >= 4 is 29.9 Å². The van der Waals surface area contributed by atoms with Gasteiger partial charge in [0.1, 0.15) is 0 Å². The zero-order valence-corrected chi connectivity index (χ0v) is 19.9. The Labute approximate surface area is 199 Å². The summed E-state index contributed by atoms with van der Waals surface area (Å²) in [6.45, 7) is 5.72. The van der Waals surface area contributed by atoms with Gasteiger partial charge in [0.05, 0.1) is 18.2 Å². The minimum atomic E-state index is -0.807. The van der Waals surface area contributed by atoms with E-state index in [-0.39, 0.29) is 24.0 Å². The van der Waals surface area contributed by atoms with E-state index in [0.29, 0.717) is 24.7 Å². The minimum absolute atomic E-state index is 0. The topological polar surface area (TPSA) is 63.5 Å². The molecule has 2 aromatic carbocycles. The van der Waals surface area contributed by atoms with E-state index >= 15 is 0 Å². The molecule has 0 aliphatic carbocycles. The molecule has 0 saturated carbocycles. The molecule has 166 valence electrons. The molecule has 0 unspecified atom stereocenters. The van der Waals surface area contributed by atoms with Crippen molar-refractivity contribution in [2.75, 3.05) is 19.6 Å². The molecule has 1 saturated heterocycles. The molecule has 1 heterocycles. The Kier molecular flexibility index (Phi) is 10.1. The van der Waals surface area contributed by atoms with Crippen LogP contribution in [-0.2, 0) is 13.1 Å². The van der Waals surface area contributed by atoms with Crippen LogP contribution in [-0.4, -0.2) is 36.5 Å². The maximum Gasteiger partial charge on any atom is 0.191 e. The third-order valence-electron chi connectivity index (χ3n) is 5.17. The highest BCUT2D eigenvalue weighted by Gasteiger charge is 2.20. The molecule has 0 atom stereocenters. The highest BCUT2D eigenvalue weighted by molar-refractivity contribution is 14.0. The largest absolute Gasteiger partial charge is 0.357 e. The first-order valence-corrected chi connectivity index (χ1v) is 10.3. The highest BCUT2D eigenvalue weighted by Crippen LogP contribution is 2.16. The van der Waals surface area contributed by atoms with Gasteiger partial charge in [-0.3, -0.25) is 4.90 Å². The molecule has 0 amide bonds. The number of hydrogen-bond donors (Lipinski definition) is 2. The second-order valence-corrected chi connectivity index (χ2v) is 7.45. The average Bonchev–Trinajstić information content (AvgIpc) is 2.76. The number of guanidine groups is 1. The van der Waals surface area contributed by atoms with Crippen molar-refractivity contribution in [1.82, 2.24) is 15.5 Å². The third-order valence-corrected chi connectivity index (χ3v) is 5.17. The van der Waals surface area contributed by atoms with Gasteiger partial charge in [0.15, 0.2) is 17.6 Å². The molecule has 5 nitrogen and oxygen atoms in total. The Morgan fingerprint density at radius 2 is 1.77 bits per heavy atom. The first-order valence-electron chi connectivity index (χ1n) is 10.3. The molecule has 8 heteroatoms. The molecule has 31 heavy (non-hydrogen) atoms. The van der Waals surface area contributed by atoms with Gasteiger partial charge in [0, 0.05) is 32.2 Å². The van der Waals surface area contributed by atoms with Gasteiger partial charge >= 0.3 is 0 Å². The molecule has 2 N–H and O–H groups in total. The van der Waals surface area contributed by atoms with Crippen molar-refractivity contribution in [2.24, 2.45) is 4.99 Å². The maximum absolute atomic E-state index is 13.4. The number of nitrogens with one attached hydrogen (secondary N) is 2. The first-order chi connectivity index (χ1) is 14.6. The van der Waals surface area contributed by atoms with Crippen molar-refractivity contribution in [2.45, 2.75) is 38.9 Å². The van der Waals surface area contributed by atoms with Crippen LogP contribution in [0.25, 0.3) is 0 Å². The summed E-state index contributed by atoms with van der Waals surface area (Å²) in [6, 6.07) is 14.0. The van der Waals surface area contributed by atoms with Gasteiger partial charge < -0.3 is 10.6 Å². The van der Waals surface area contributed by atoms with Gasteiger partial charge in [-0.1, -0.05) is 18.2 Å². The van der Waals surface area contributed by atoms with E-state index < -0.39 is 11.6 Å². The Balaban J connectivity index is 0.00000341. The van der Waals surface area contributed by atoms with E-state index in [0.717, 1.165) is 49.6 Å². The third kappa shape index (κ3) is 7.74. The summed E-state index contributed by atoms with van der Waals surface area (Å²) in [5.41, 5.74) is 2.48. The van der Waals surface area contributed by atoms with E-state index in [2.05, 4.69) is 26.6 Å². The van der Waals surface area contributed by atoms with Crippen molar-refractivity contribution < 1.29 is 8.78 Å². The number of halogens is 3. The van der Waals surface area contributed by atoms with Crippen LogP contribution in [0, 0.1) is 23.0 Å². The Hall–Kier alpha value is -2.25. The minimum Gasteiger partial charge on any atom is -0.357 e. The molecule has 2 aromatic rings. The lowest BCUT2D eigenvalue weighted by Crippen LogP contribution is -2.48. The second kappa shape index (κ2) is 12.6. The van der Waals surface area contributed by atoms with Crippen molar-refractivity contribution in [3.05, 3.63) is 70.8 Å². The molecule has 0 spiro atoms. The monoisotopic (exact) mass is 539 g/mol. The van der Waals surface area contributed by atoms with Crippen LogP contribution in [0.3, 0.4) is 0 Å². The molecule has 3 rings (SSSR count). The number of hydrogen-bond acceptors (Lipinski definition) is 3. The van der Waals surface area contributed by atoms with Crippen LogP contribution in [0.1, 0.15) is 36.5 Å². The van der Waals surface area contributed by atoms with Gasteiger partial charge in [-0.05, 0) is 55.2 Å². The van der Waals surface area contributed by atoms with Gasteiger partial charge in [0.25, 0.3) is 0 Å². The summed E-state index contributed by atoms with van der Waals surface area (Å²) in [4.78, 5) is 6.91. The lowest BCUT2D eigenvalue weighted by atomic mass is 10.0. The number of benzene rings is 2. The summed E-state index contributed by atoms with van der Waals surface area (Å²) in [5, 5.41) is 15.7. The van der Waals surface area contributed by atoms with Crippen molar-refractivity contribution in [3.63, 3.8) is 0 Å². The van der Waals surface area contributed by atoms with Crippen molar-refractivity contribution in [1.29, 1.82) is 5.26 Å². The standard InChI is InChI=1S/C23H27F2N5.HI/c1-2-27-23(28-15-18-5-3-17(14-26)4-6-18)29-20-9-11-30(12-10-20)16-19-7-8-21(24)22(25)13-19;/h3-8,13,20H,2,9-12,15-16H2,1H3,(H2,27,28,29);1H. The Morgan fingerprint density at radius 1 is 1.10 bits per heavy atom. The van der Waals surface area contributed by atoms with E-state index in [9.17, 15) is 8.78 Å². The van der Waals surface area contributed by atoms with Gasteiger partial charge in [-0.2, -0.15) is 5.26 Å². The number of nitriles is 1. The zero-order valence-electron chi connectivity index (χ0n) is 17.6. The fourth-order valence-electron chi connectivity index (χ4n) is 3.50. The summed E-state index contributed by atoms with van der Waals surface area (Å²) < 4.78 is 26.5. The fraction of sp³-hybridized carbons (Fsp3) is 0.391. The van der Waals surface area contributed by atoms with E-state index in [1.165, 1.54) is 12.1 Å². The normalized spacial score (nSPS) is 15.1. The van der Waals surface area contributed by atoms with Gasteiger partial charge in [0.2, 0.25) is 0 Å².